The summed E-state index contributed by atoms with van der Waals surface area (Å²) in [6.07, 6.45) is 7.32. The number of hydrogen-bond acceptors (Lipinski definition) is 6. The Morgan fingerprint density at radius 3 is 2.63 bits per heavy atom. The van der Waals surface area contributed by atoms with Crippen molar-refractivity contribution < 1.29 is 4.74 Å². The van der Waals surface area contributed by atoms with Crippen LogP contribution in [-0.2, 0) is 13.5 Å². The molecule has 30 heavy (non-hydrogen) atoms. The Kier molecular flexibility index (Phi) is 5.56. The van der Waals surface area contributed by atoms with Gasteiger partial charge >= 0.3 is 0 Å². The maximum atomic E-state index is 13.2. The van der Waals surface area contributed by atoms with Gasteiger partial charge in [-0.1, -0.05) is 32.4 Å². The molecule has 3 heterocycles. The van der Waals surface area contributed by atoms with E-state index in [4.69, 9.17) is 9.72 Å². The van der Waals surface area contributed by atoms with Crippen LogP contribution in [0.3, 0.4) is 0 Å². The minimum Gasteiger partial charge on any atom is -0.493 e. The zero-order chi connectivity index (χ0) is 21.1. The molecule has 0 fully saturated rings. The van der Waals surface area contributed by atoms with Crippen LogP contribution in [0, 0.1) is 0 Å². The van der Waals surface area contributed by atoms with Crippen molar-refractivity contribution in [1.29, 1.82) is 0 Å². The lowest BCUT2D eigenvalue weighted by atomic mass is 10.1. The number of benzene rings is 1. The minimum absolute atomic E-state index is 0.208. The van der Waals surface area contributed by atoms with Crippen molar-refractivity contribution in [2.24, 2.45) is 7.05 Å². The van der Waals surface area contributed by atoms with Crippen molar-refractivity contribution in [3.8, 4) is 23.0 Å². The molecule has 0 bridgehead atoms. The van der Waals surface area contributed by atoms with E-state index in [2.05, 4.69) is 28.9 Å². The number of fused-ring (bicyclic) bond motifs is 1. The van der Waals surface area contributed by atoms with Crippen molar-refractivity contribution >= 4 is 11.0 Å². The van der Waals surface area contributed by atoms with Gasteiger partial charge in [0.25, 0.3) is 5.56 Å². The van der Waals surface area contributed by atoms with Crippen molar-refractivity contribution in [3.05, 3.63) is 58.9 Å². The summed E-state index contributed by atoms with van der Waals surface area (Å²) in [4.78, 5) is 26.6. The van der Waals surface area contributed by atoms with Crippen LogP contribution < -0.4 is 10.3 Å². The molecule has 154 valence electrons. The van der Waals surface area contributed by atoms with Crippen LogP contribution in [0.15, 0.2) is 47.7 Å². The molecule has 0 spiro atoms. The third-order valence-electron chi connectivity index (χ3n) is 4.84. The quantitative estimate of drug-likeness (QED) is 0.470. The van der Waals surface area contributed by atoms with Crippen LogP contribution in [0.25, 0.3) is 28.2 Å². The van der Waals surface area contributed by atoms with Gasteiger partial charge in [-0.25, -0.2) is 14.6 Å². The molecular weight excluding hydrogens is 380 g/mol. The Hall–Kier alpha value is -3.55. The average molecular weight is 404 g/mol. The van der Waals surface area contributed by atoms with Crippen LogP contribution in [0.5, 0.6) is 5.75 Å². The fourth-order valence-electron chi connectivity index (χ4n) is 3.42. The number of rotatable bonds is 7. The Morgan fingerprint density at radius 2 is 1.90 bits per heavy atom. The summed E-state index contributed by atoms with van der Waals surface area (Å²) >= 11 is 0. The molecule has 0 N–H and O–H groups in total. The topological polar surface area (TPSA) is 87.7 Å². The van der Waals surface area contributed by atoms with Crippen LogP contribution >= 0.6 is 0 Å². The van der Waals surface area contributed by atoms with Gasteiger partial charge in [0.05, 0.1) is 24.1 Å². The second-order valence-corrected chi connectivity index (χ2v) is 7.01. The lowest BCUT2D eigenvalue weighted by Gasteiger charge is -2.13. The molecule has 4 rings (SSSR count). The van der Waals surface area contributed by atoms with Crippen LogP contribution in [0.2, 0.25) is 0 Å². The van der Waals surface area contributed by atoms with E-state index in [1.807, 2.05) is 24.3 Å². The molecule has 4 aromatic rings. The highest BCUT2D eigenvalue weighted by Gasteiger charge is 2.21. The molecule has 0 aliphatic rings. The molecule has 1 aromatic carbocycles. The number of aryl methyl sites for hydroxylation is 1. The molecule has 0 saturated heterocycles. The smallest absolute Gasteiger partial charge is 0.281 e. The van der Waals surface area contributed by atoms with Crippen molar-refractivity contribution in [2.45, 2.75) is 33.1 Å². The van der Waals surface area contributed by atoms with Gasteiger partial charge in [-0.2, -0.15) is 5.10 Å². The summed E-state index contributed by atoms with van der Waals surface area (Å²) in [5, 5.41) is 4.56. The van der Waals surface area contributed by atoms with Gasteiger partial charge in [0, 0.05) is 19.4 Å². The molecule has 0 saturated carbocycles. The van der Waals surface area contributed by atoms with E-state index in [1.165, 1.54) is 4.57 Å². The van der Waals surface area contributed by atoms with Crippen LogP contribution in [0.4, 0.5) is 0 Å². The van der Waals surface area contributed by atoms with Gasteiger partial charge in [0.15, 0.2) is 11.3 Å². The second kappa shape index (κ2) is 8.44. The fourth-order valence-corrected chi connectivity index (χ4v) is 3.42. The Bertz CT molecular complexity index is 1230. The lowest BCUT2D eigenvalue weighted by Crippen LogP contribution is -2.20. The van der Waals surface area contributed by atoms with Crippen molar-refractivity contribution in [3.63, 3.8) is 0 Å². The van der Waals surface area contributed by atoms with Gasteiger partial charge in [-0.3, -0.25) is 14.3 Å². The molecule has 0 aliphatic carbocycles. The van der Waals surface area contributed by atoms with Crippen molar-refractivity contribution in [1.82, 2.24) is 29.3 Å². The number of aromatic nitrogens is 6. The zero-order valence-electron chi connectivity index (χ0n) is 17.4. The first-order valence-electron chi connectivity index (χ1n) is 10.1. The van der Waals surface area contributed by atoms with Gasteiger partial charge in [0.1, 0.15) is 17.1 Å². The molecular formula is C22H24N6O2. The van der Waals surface area contributed by atoms with Gasteiger partial charge in [-0.15, -0.1) is 0 Å². The molecule has 0 radical (unpaired) electrons. The maximum absolute atomic E-state index is 13.2. The number of para-hydroxylation sites is 1. The van der Waals surface area contributed by atoms with E-state index in [-0.39, 0.29) is 5.56 Å². The number of hydrogen-bond donors (Lipinski definition) is 0. The second-order valence-electron chi connectivity index (χ2n) is 7.01. The number of ether oxygens (including phenoxy) is 1. The highest BCUT2D eigenvalue weighted by Crippen LogP contribution is 2.29. The van der Waals surface area contributed by atoms with E-state index in [0.717, 1.165) is 24.1 Å². The summed E-state index contributed by atoms with van der Waals surface area (Å²) in [5.41, 5.74) is 2.33. The average Bonchev–Trinajstić information content (AvgIpc) is 3.14. The summed E-state index contributed by atoms with van der Waals surface area (Å²) in [5.74, 6) is 1.82. The SMILES string of the molecule is CCCOc1ccccc1-c1nc2c(CCC)n(-c3cnccn3)nc2c(=O)n1C. The molecule has 0 atom stereocenters. The highest BCUT2D eigenvalue weighted by atomic mass is 16.5. The minimum atomic E-state index is -0.208. The van der Waals surface area contributed by atoms with E-state index >= 15 is 0 Å². The predicted molar refractivity (Wildman–Crippen MR) is 115 cm³/mol. The third-order valence-corrected chi connectivity index (χ3v) is 4.84. The van der Waals surface area contributed by atoms with Gasteiger partial charge < -0.3 is 4.74 Å². The Balaban J connectivity index is 1.98. The molecule has 3 aromatic heterocycles. The van der Waals surface area contributed by atoms with Gasteiger partial charge in [-0.05, 0) is 25.0 Å². The Labute approximate surface area is 174 Å². The van der Waals surface area contributed by atoms with Crippen LogP contribution in [0.1, 0.15) is 32.4 Å². The summed E-state index contributed by atoms with van der Waals surface area (Å²) in [7, 11) is 1.71. The maximum Gasteiger partial charge on any atom is 0.281 e. The predicted octanol–water partition coefficient (Wildman–Crippen LogP) is 3.32. The molecule has 8 nitrogen and oxygen atoms in total. The standard InChI is InChI=1S/C22H24N6O2/c1-4-8-16-19-20(26-28(16)18-14-23-11-12-24-18)22(29)27(3)21(25-19)15-9-6-7-10-17(15)30-13-5-2/h6-7,9-12,14H,4-5,8,13H2,1-3H3. The highest BCUT2D eigenvalue weighted by molar-refractivity contribution is 5.80. The van der Waals surface area contributed by atoms with E-state index in [9.17, 15) is 4.79 Å². The summed E-state index contributed by atoms with van der Waals surface area (Å²) in [6, 6.07) is 7.66. The zero-order valence-corrected chi connectivity index (χ0v) is 17.4. The van der Waals surface area contributed by atoms with E-state index < -0.39 is 0 Å². The summed E-state index contributed by atoms with van der Waals surface area (Å²) < 4.78 is 9.11. The lowest BCUT2D eigenvalue weighted by molar-refractivity contribution is 0.318. The first-order chi connectivity index (χ1) is 14.7. The largest absolute Gasteiger partial charge is 0.493 e. The van der Waals surface area contributed by atoms with Crippen LogP contribution in [-0.4, -0.2) is 35.9 Å². The van der Waals surface area contributed by atoms with E-state index in [0.29, 0.717) is 41.5 Å². The molecule has 0 amide bonds. The van der Waals surface area contributed by atoms with Gasteiger partial charge in [0.2, 0.25) is 0 Å². The Morgan fingerprint density at radius 1 is 1.07 bits per heavy atom. The monoisotopic (exact) mass is 404 g/mol. The fraction of sp³-hybridized carbons (Fsp3) is 0.318. The normalized spacial score (nSPS) is 11.2. The summed E-state index contributed by atoms with van der Waals surface area (Å²) in [6.45, 7) is 4.73. The third kappa shape index (κ3) is 3.45. The number of nitrogens with zero attached hydrogens (tertiary/aromatic N) is 6. The first kappa shape index (κ1) is 19.8. The molecule has 8 heteroatoms. The van der Waals surface area contributed by atoms with Crippen molar-refractivity contribution in [2.75, 3.05) is 6.61 Å². The van der Waals surface area contributed by atoms with E-state index in [1.54, 1.807) is 30.3 Å². The first-order valence-corrected chi connectivity index (χ1v) is 10.1. The molecule has 0 aliphatic heterocycles. The molecule has 0 unspecified atom stereocenters.